The van der Waals surface area contributed by atoms with Crippen LogP contribution in [0.2, 0.25) is 0 Å². The minimum Gasteiger partial charge on any atom is -0.319 e. The van der Waals surface area contributed by atoms with Crippen molar-refractivity contribution in [1.82, 2.24) is 5.32 Å². The summed E-state index contributed by atoms with van der Waals surface area (Å²) in [6, 6.07) is 2.65. The van der Waals surface area contributed by atoms with E-state index in [1.807, 2.05) is 0 Å². The number of nitrogens with one attached hydrogen (secondary N) is 1. The van der Waals surface area contributed by atoms with Crippen LogP contribution in [0.4, 0.5) is 18.9 Å². The van der Waals surface area contributed by atoms with E-state index in [2.05, 4.69) is 17.2 Å². The molecule has 0 radical (unpaired) electrons. The number of benzene rings is 1. The minimum atomic E-state index is -4.75. The van der Waals surface area contributed by atoms with Gasteiger partial charge >= 0.3 is 6.18 Å². The number of hydrogen-bond acceptors (Lipinski definition) is 3. The van der Waals surface area contributed by atoms with Crippen LogP contribution in [0.1, 0.15) is 17.5 Å². The summed E-state index contributed by atoms with van der Waals surface area (Å²) in [5.41, 5.74) is -2.05. The van der Waals surface area contributed by atoms with Crippen molar-refractivity contribution in [2.24, 2.45) is 0 Å². The molecule has 1 aromatic rings. The van der Waals surface area contributed by atoms with Crippen molar-refractivity contribution in [3.63, 3.8) is 0 Å². The zero-order valence-corrected chi connectivity index (χ0v) is 10.0. The molecular weight excluding hydrogens is 261 g/mol. The molecule has 0 fully saturated rings. The molecular formula is C12H11F3N2O2. The van der Waals surface area contributed by atoms with Crippen molar-refractivity contribution < 1.29 is 18.1 Å². The number of halogens is 3. The molecule has 0 aliphatic carbocycles. The zero-order chi connectivity index (χ0) is 14.5. The summed E-state index contributed by atoms with van der Waals surface area (Å²) < 4.78 is 37.6. The Hall–Kier alpha value is -2.07. The largest absolute Gasteiger partial charge is 0.422 e. The van der Waals surface area contributed by atoms with Crippen LogP contribution in [0.3, 0.4) is 0 Å². The summed E-state index contributed by atoms with van der Waals surface area (Å²) in [5.74, 6) is 5.30. The SMILES string of the molecule is CNCCC#Cc1ccc(C(F)(F)F)c([N+](=O)[O-])c1. The van der Waals surface area contributed by atoms with Crippen LogP contribution in [0.15, 0.2) is 18.2 Å². The van der Waals surface area contributed by atoms with E-state index in [1.165, 1.54) is 0 Å². The second kappa shape index (κ2) is 6.20. The Morgan fingerprint density at radius 3 is 2.63 bits per heavy atom. The van der Waals surface area contributed by atoms with Crippen LogP contribution in [0, 0.1) is 22.0 Å². The van der Waals surface area contributed by atoms with Crippen molar-refractivity contribution in [2.45, 2.75) is 12.6 Å². The van der Waals surface area contributed by atoms with Gasteiger partial charge in [0, 0.05) is 24.6 Å². The van der Waals surface area contributed by atoms with Gasteiger partial charge in [-0.3, -0.25) is 10.1 Å². The van der Waals surface area contributed by atoms with E-state index >= 15 is 0 Å². The fraction of sp³-hybridized carbons (Fsp3) is 0.333. The van der Waals surface area contributed by atoms with Gasteiger partial charge in [0.05, 0.1) is 4.92 Å². The van der Waals surface area contributed by atoms with Gasteiger partial charge in [0.1, 0.15) is 5.56 Å². The van der Waals surface area contributed by atoms with E-state index in [0.717, 1.165) is 12.1 Å². The summed E-state index contributed by atoms with van der Waals surface area (Å²) >= 11 is 0. The highest BCUT2D eigenvalue weighted by atomic mass is 19.4. The van der Waals surface area contributed by atoms with Gasteiger partial charge in [-0.1, -0.05) is 11.8 Å². The minimum absolute atomic E-state index is 0.191. The third-order valence-electron chi connectivity index (χ3n) is 2.23. The highest BCUT2D eigenvalue weighted by molar-refractivity contribution is 5.50. The predicted molar refractivity (Wildman–Crippen MR) is 63.5 cm³/mol. The third kappa shape index (κ3) is 4.26. The van der Waals surface area contributed by atoms with E-state index in [-0.39, 0.29) is 5.56 Å². The first kappa shape index (κ1) is 15.0. The molecule has 0 aromatic heterocycles. The first-order chi connectivity index (χ1) is 8.86. The van der Waals surface area contributed by atoms with Gasteiger partial charge in [-0.15, -0.1) is 0 Å². The molecule has 0 aliphatic rings. The second-order valence-corrected chi connectivity index (χ2v) is 3.64. The topological polar surface area (TPSA) is 55.2 Å². The molecule has 0 bridgehead atoms. The van der Waals surface area contributed by atoms with E-state index < -0.39 is 22.4 Å². The lowest BCUT2D eigenvalue weighted by Crippen LogP contribution is -2.09. The summed E-state index contributed by atoms with van der Waals surface area (Å²) in [6.45, 7) is 0.635. The molecule has 0 spiro atoms. The Morgan fingerprint density at radius 1 is 1.42 bits per heavy atom. The molecule has 7 heteroatoms. The Morgan fingerprint density at radius 2 is 2.11 bits per heavy atom. The second-order valence-electron chi connectivity index (χ2n) is 3.64. The molecule has 0 unspecified atom stereocenters. The first-order valence-electron chi connectivity index (χ1n) is 5.35. The molecule has 1 N–H and O–H groups in total. The number of alkyl halides is 3. The monoisotopic (exact) mass is 272 g/mol. The van der Waals surface area contributed by atoms with Crippen LogP contribution in [0.25, 0.3) is 0 Å². The van der Waals surface area contributed by atoms with Crippen LogP contribution >= 0.6 is 0 Å². The van der Waals surface area contributed by atoms with Crippen molar-refractivity contribution in [2.75, 3.05) is 13.6 Å². The molecule has 1 aromatic carbocycles. The molecule has 0 saturated carbocycles. The van der Waals surface area contributed by atoms with E-state index in [9.17, 15) is 23.3 Å². The molecule has 1 rings (SSSR count). The summed E-state index contributed by atoms with van der Waals surface area (Å²) in [4.78, 5) is 9.59. The zero-order valence-electron chi connectivity index (χ0n) is 10.0. The van der Waals surface area contributed by atoms with Gasteiger partial charge in [-0.2, -0.15) is 13.2 Å². The van der Waals surface area contributed by atoms with Crippen LogP contribution in [-0.2, 0) is 6.18 Å². The van der Waals surface area contributed by atoms with Crippen LogP contribution in [-0.4, -0.2) is 18.5 Å². The summed E-state index contributed by atoms with van der Waals surface area (Å²) in [6.07, 6.45) is -4.24. The first-order valence-corrected chi connectivity index (χ1v) is 5.35. The lowest BCUT2D eigenvalue weighted by molar-refractivity contribution is -0.388. The molecule has 0 saturated heterocycles. The number of nitro benzene ring substituents is 1. The van der Waals surface area contributed by atoms with Gasteiger partial charge in [-0.05, 0) is 19.2 Å². The molecule has 4 nitrogen and oxygen atoms in total. The molecule has 19 heavy (non-hydrogen) atoms. The average molecular weight is 272 g/mol. The quantitative estimate of drug-likeness (QED) is 0.398. The Balaban J connectivity index is 3.09. The Labute approximate surface area is 107 Å². The number of hydrogen-bond donors (Lipinski definition) is 1. The van der Waals surface area contributed by atoms with E-state index in [4.69, 9.17) is 0 Å². The van der Waals surface area contributed by atoms with Crippen molar-refractivity contribution in [3.05, 3.63) is 39.4 Å². The van der Waals surface area contributed by atoms with Gasteiger partial charge in [0.15, 0.2) is 0 Å². The third-order valence-corrected chi connectivity index (χ3v) is 2.23. The maximum absolute atomic E-state index is 12.5. The van der Waals surface area contributed by atoms with Gasteiger partial charge in [0.25, 0.3) is 5.69 Å². The lowest BCUT2D eigenvalue weighted by Gasteiger charge is -2.07. The molecule has 0 atom stereocenters. The molecule has 0 amide bonds. The highest BCUT2D eigenvalue weighted by Crippen LogP contribution is 2.36. The van der Waals surface area contributed by atoms with E-state index in [0.29, 0.717) is 19.0 Å². The van der Waals surface area contributed by atoms with Gasteiger partial charge < -0.3 is 5.32 Å². The fourth-order valence-corrected chi connectivity index (χ4v) is 1.35. The van der Waals surface area contributed by atoms with Crippen molar-refractivity contribution in [1.29, 1.82) is 0 Å². The molecule has 0 aliphatic heterocycles. The van der Waals surface area contributed by atoms with Crippen molar-refractivity contribution in [3.8, 4) is 11.8 Å². The standard InChI is InChI=1S/C12H11F3N2O2/c1-16-7-3-2-4-9-5-6-10(12(13,14)15)11(8-9)17(18)19/h5-6,8,16H,3,7H2,1H3. The summed E-state index contributed by atoms with van der Waals surface area (Å²) in [7, 11) is 1.74. The fourth-order valence-electron chi connectivity index (χ4n) is 1.35. The Kier molecular flexibility index (Phi) is 4.89. The normalized spacial score (nSPS) is 10.7. The van der Waals surface area contributed by atoms with Gasteiger partial charge in [-0.25, -0.2) is 0 Å². The number of nitrogens with zero attached hydrogens (tertiary/aromatic N) is 1. The van der Waals surface area contributed by atoms with Crippen LogP contribution < -0.4 is 5.32 Å². The van der Waals surface area contributed by atoms with Crippen molar-refractivity contribution >= 4 is 5.69 Å². The molecule has 0 heterocycles. The smallest absolute Gasteiger partial charge is 0.319 e. The molecule has 102 valence electrons. The summed E-state index contributed by atoms with van der Waals surface area (Å²) in [5, 5.41) is 13.5. The highest BCUT2D eigenvalue weighted by Gasteiger charge is 2.38. The Bertz CT molecular complexity index is 530. The predicted octanol–water partition coefficient (Wildman–Crippen LogP) is 2.57. The van der Waals surface area contributed by atoms with Crippen LogP contribution in [0.5, 0.6) is 0 Å². The average Bonchev–Trinajstić information content (AvgIpc) is 2.33. The van der Waals surface area contributed by atoms with E-state index in [1.54, 1.807) is 7.05 Å². The lowest BCUT2D eigenvalue weighted by atomic mass is 10.1. The van der Waals surface area contributed by atoms with Gasteiger partial charge in [0.2, 0.25) is 0 Å². The number of rotatable bonds is 3. The maximum atomic E-state index is 12.5. The maximum Gasteiger partial charge on any atom is 0.422 e. The number of nitro groups is 1.